The molecule has 23 heavy (non-hydrogen) atoms. The summed E-state index contributed by atoms with van der Waals surface area (Å²) in [5.41, 5.74) is 1.38. The predicted molar refractivity (Wildman–Crippen MR) is 98.8 cm³/mol. The smallest absolute Gasteiger partial charge is 0.205 e. The summed E-state index contributed by atoms with van der Waals surface area (Å²) in [4.78, 5) is 0. The maximum absolute atomic E-state index is 14.0. The Balaban J connectivity index is 2.00. The average molecular weight is 325 g/mol. The molecule has 3 rings (SSSR count). The van der Waals surface area contributed by atoms with Gasteiger partial charge in [-0.3, -0.25) is 9.65 Å². The SMILES string of the molecule is CC1=CC(NP(=O)(c2ccccc2)c2ccccc2)CC(C)C1. The minimum absolute atomic E-state index is 0.157. The second-order valence-electron chi connectivity index (χ2n) is 6.57. The van der Waals surface area contributed by atoms with Crippen LogP contribution >= 0.6 is 7.29 Å². The summed E-state index contributed by atoms with van der Waals surface area (Å²) < 4.78 is 14.0. The van der Waals surface area contributed by atoms with Crippen molar-refractivity contribution in [3.63, 3.8) is 0 Å². The highest BCUT2D eigenvalue weighted by atomic mass is 31.2. The molecular formula is C20H24NOP. The van der Waals surface area contributed by atoms with Crippen LogP contribution in [0, 0.1) is 5.92 Å². The van der Waals surface area contributed by atoms with E-state index in [1.165, 1.54) is 5.57 Å². The zero-order chi connectivity index (χ0) is 16.3. The fraction of sp³-hybridized carbons (Fsp3) is 0.300. The van der Waals surface area contributed by atoms with Crippen LogP contribution in [0.5, 0.6) is 0 Å². The number of rotatable bonds is 4. The first kappa shape index (κ1) is 16.2. The third kappa shape index (κ3) is 3.65. The summed E-state index contributed by atoms with van der Waals surface area (Å²) in [5, 5.41) is 5.25. The maximum Gasteiger partial charge on any atom is 0.205 e. The van der Waals surface area contributed by atoms with E-state index in [0.29, 0.717) is 5.92 Å². The van der Waals surface area contributed by atoms with Gasteiger partial charge < -0.3 is 0 Å². The summed E-state index contributed by atoms with van der Waals surface area (Å²) in [5.74, 6) is 0.623. The zero-order valence-electron chi connectivity index (χ0n) is 13.8. The number of hydrogen-bond acceptors (Lipinski definition) is 1. The zero-order valence-corrected chi connectivity index (χ0v) is 14.7. The number of hydrogen-bond donors (Lipinski definition) is 1. The molecule has 120 valence electrons. The fourth-order valence-corrected chi connectivity index (χ4v) is 5.87. The average Bonchev–Trinajstić information content (AvgIpc) is 2.55. The first-order valence-corrected chi connectivity index (χ1v) is 9.95. The second kappa shape index (κ2) is 6.86. The van der Waals surface area contributed by atoms with Crippen LogP contribution in [0.2, 0.25) is 0 Å². The Morgan fingerprint density at radius 1 is 0.957 bits per heavy atom. The van der Waals surface area contributed by atoms with Gasteiger partial charge in [-0.15, -0.1) is 0 Å². The highest BCUT2D eigenvalue weighted by molar-refractivity contribution is 7.76. The van der Waals surface area contributed by atoms with Crippen LogP contribution in [0.15, 0.2) is 72.3 Å². The van der Waals surface area contributed by atoms with Gasteiger partial charge in [0.2, 0.25) is 7.29 Å². The molecule has 2 unspecified atom stereocenters. The van der Waals surface area contributed by atoms with E-state index in [1.807, 2.05) is 60.7 Å². The van der Waals surface area contributed by atoms with Crippen molar-refractivity contribution >= 4 is 17.9 Å². The van der Waals surface area contributed by atoms with Gasteiger partial charge in [0, 0.05) is 16.7 Å². The van der Waals surface area contributed by atoms with Crippen molar-refractivity contribution < 1.29 is 4.57 Å². The quantitative estimate of drug-likeness (QED) is 0.672. The van der Waals surface area contributed by atoms with E-state index >= 15 is 0 Å². The van der Waals surface area contributed by atoms with E-state index in [-0.39, 0.29) is 6.04 Å². The Hall–Kier alpha value is -1.63. The molecule has 1 aliphatic carbocycles. The van der Waals surface area contributed by atoms with E-state index in [2.05, 4.69) is 25.0 Å². The Kier molecular flexibility index (Phi) is 4.84. The molecule has 1 aliphatic rings. The van der Waals surface area contributed by atoms with E-state index in [1.54, 1.807) is 0 Å². The lowest BCUT2D eigenvalue weighted by Gasteiger charge is -2.30. The summed E-state index contributed by atoms with van der Waals surface area (Å²) in [7, 11) is -2.84. The van der Waals surface area contributed by atoms with Crippen molar-refractivity contribution in [1.82, 2.24) is 5.09 Å². The molecule has 0 spiro atoms. The van der Waals surface area contributed by atoms with E-state index in [9.17, 15) is 4.57 Å². The largest absolute Gasteiger partial charge is 0.297 e. The van der Waals surface area contributed by atoms with Crippen LogP contribution in [0.1, 0.15) is 26.7 Å². The van der Waals surface area contributed by atoms with Crippen LogP contribution in [0.4, 0.5) is 0 Å². The molecule has 0 radical (unpaired) electrons. The Labute approximate surface area is 139 Å². The topological polar surface area (TPSA) is 29.1 Å². The minimum atomic E-state index is -2.84. The monoisotopic (exact) mass is 325 g/mol. The number of allylic oxidation sites excluding steroid dienone is 1. The minimum Gasteiger partial charge on any atom is -0.297 e. The van der Waals surface area contributed by atoms with Crippen LogP contribution in [0.3, 0.4) is 0 Å². The summed E-state index contributed by atoms with van der Waals surface area (Å²) in [6.07, 6.45) is 4.42. The van der Waals surface area contributed by atoms with Gasteiger partial charge in [0.1, 0.15) is 0 Å². The fourth-order valence-electron chi connectivity index (χ4n) is 3.44. The van der Waals surface area contributed by atoms with Crippen molar-refractivity contribution in [2.24, 2.45) is 5.92 Å². The van der Waals surface area contributed by atoms with Gasteiger partial charge in [0.05, 0.1) is 0 Å². The van der Waals surface area contributed by atoms with Crippen LogP contribution in [-0.4, -0.2) is 6.04 Å². The Morgan fingerprint density at radius 3 is 1.96 bits per heavy atom. The first-order chi connectivity index (χ1) is 11.1. The van der Waals surface area contributed by atoms with E-state index < -0.39 is 7.29 Å². The van der Waals surface area contributed by atoms with Crippen molar-refractivity contribution in [1.29, 1.82) is 0 Å². The standard InChI is InChI=1S/C20H24NOP/c1-16-13-17(2)15-18(14-16)21-23(22,19-9-5-3-6-10-19)20-11-7-4-8-12-20/h3-12,14,17-18H,13,15H2,1-2H3,(H,21,22). The second-order valence-corrected chi connectivity index (χ2v) is 9.08. The highest BCUT2D eigenvalue weighted by Gasteiger charge is 2.31. The van der Waals surface area contributed by atoms with Crippen LogP contribution in [-0.2, 0) is 4.57 Å². The van der Waals surface area contributed by atoms with Gasteiger partial charge in [0.15, 0.2) is 0 Å². The molecule has 0 aromatic heterocycles. The van der Waals surface area contributed by atoms with Crippen LogP contribution in [0.25, 0.3) is 0 Å². The van der Waals surface area contributed by atoms with Gasteiger partial charge in [-0.05, 0) is 49.9 Å². The van der Waals surface area contributed by atoms with E-state index in [4.69, 9.17) is 0 Å². The highest BCUT2D eigenvalue weighted by Crippen LogP contribution is 2.41. The lowest BCUT2D eigenvalue weighted by atomic mass is 9.88. The molecule has 0 amide bonds. The molecule has 0 fully saturated rings. The molecule has 0 bridgehead atoms. The maximum atomic E-state index is 14.0. The molecule has 3 heteroatoms. The molecule has 0 saturated carbocycles. The molecule has 2 atom stereocenters. The van der Waals surface area contributed by atoms with Crippen molar-refractivity contribution in [3.05, 3.63) is 72.3 Å². The molecular weight excluding hydrogens is 301 g/mol. The van der Waals surface area contributed by atoms with Gasteiger partial charge >= 0.3 is 0 Å². The molecule has 0 heterocycles. The van der Waals surface area contributed by atoms with Gasteiger partial charge in [-0.25, -0.2) is 0 Å². The lowest BCUT2D eigenvalue weighted by molar-refractivity contribution is 0.452. The number of nitrogens with one attached hydrogen (secondary N) is 1. The lowest BCUT2D eigenvalue weighted by Crippen LogP contribution is -2.36. The first-order valence-electron chi connectivity index (χ1n) is 8.24. The normalized spacial score (nSPS) is 21.7. The number of benzene rings is 2. The Bertz CT molecular complexity index is 680. The summed E-state index contributed by atoms with van der Waals surface area (Å²) in [6, 6.07) is 19.8. The van der Waals surface area contributed by atoms with Gasteiger partial charge in [0.25, 0.3) is 0 Å². The van der Waals surface area contributed by atoms with Crippen molar-refractivity contribution in [2.75, 3.05) is 0 Å². The molecule has 0 saturated heterocycles. The summed E-state index contributed by atoms with van der Waals surface area (Å²) >= 11 is 0. The van der Waals surface area contributed by atoms with E-state index in [0.717, 1.165) is 23.5 Å². The molecule has 0 aliphatic heterocycles. The van der Waals surface area contributed by atoms with Gasteiger partial charge in [-0.1, -0.05) is 55.0 Å². The molecule has 2 aromatic rings. The third-order valence-electron chi connectivity index (χ3n) is 4.40. The van der Waals surface area contributed by atoms with Crippen molar-refractivity contribution in [2.45, 2.75) is 32.7 Å². The molecule has 2 aromatic carbocycles. The molecule has 2 nitrogen and oxygen atoms in total. The van der Waals surface area contributed by atoms with Crippen molar-refractivity contribution in [3.8, 4) is 0 Å². The van der Waals surface area contributed by atoms with Crippen LogP contribution < -0.4 is 15.7 Å². The summed E-state index contributed by atoms with van der Waals surface area (Å²) in [6.45, 7) is 4.43. The van der Waals surface area contributed by atoms with Gasteiger partial charge in [-0.2, -0.15) is 0 Å². The molecule has 1 N–H and O–H groups in total. The predicted octanol–water partition coefficient (Wildman–Crippen LogP) is 4.25. The third-order valence-corrected chi connectivity index (χ3v) is 7.15. The Morgan fingerprint density at radius 2 is 1.48 bits per heavy atom.